The van der Waals surface area contributed by atoms with Crippen LogP contribution < -0.4 is 9.47 Å². The highest BCUT2D eigenvalue weighted by Gasteiger charge is 2.46. The van der Waals surface area contributed by atoms with Crippen LogP contribution in [0.4, 0.5) is 0 Å². The molecular weight excluding hydrogens is 496 g/mol. The van der Waals surface area contributed by atoms with E-state index in [9.17, 15) is 19.5 Å². The summed E-state index contributed by atoms with van der Waals surface area (Å²) in [7, 11) is 0. The normalized spacial score (nSPS) is 17.1. The zero-order valence-corrected chi connectivity index (χ0v) is 24.0. The predicted molar refractivity (Wildman–Crippen MR) is 151 cm³/mol. The number of aliphatic hydroxyl groups excluding tert-OH is 1. The maximum absolute atomic E-state index is 13.5. The number of ether oxygens (including phenoxy) is 2. The smallest absolute Gasteiger partial charge is 0.308 e. The summed E-state index contributed by atoms with van der Waals surface area (Å²) in [5.41, 5.74) is 1.57. The number of carbonyl (C=O) groups excluding carboxylic acids is 3. The van der Waals surface area contributed by atoms with E-state index >= 15 is 0 Å². The quantitative estimate of drug-likeness (QED) is 0.149. The molecule has 1 N–H and O–H groups in total. The van der Waals surface area contributed by atoms with E-state index in [1.165, 1.54) is 11.8 Å². The summed E-state index contributed by atoms with van der Waals surface area (Å²) >= 11 is 0. The summed E-state index contributed by atoms with van der Waals surface area (Å²) < 4.78 is 11.1. The van der Waals surface area contributed by atoms with Crippen LogP contribution in [-0.4, -0.2) is 65.4 Å². The Morgan fingerprint density at radius 2 is 1.74 bits per heavy atom. The molecule has 0 aliphatic carbocycles. The number of benzene rings is 2. The summed E-state index contributed by atoms with van der Waals surface area (Å²) in [4.78, 5) is 42.1. The van der Waals surface area contributed by atoms with Crippen LogP contribution in [0.15, 0.2) is 48.0 Å². The second-order valence-electron chi connectivity index (χ2n) is 10.6. The van der Waals surface area contributed by atoms with Crippen molar-refractivity contribution in [3.63, 3.8) is 0 Å². The number of amides is 1. The molecule has 2 aromatic rings. The van der Waals surface area contributed by atoms with Gasteiger partial charge < -0.3 is 24.4 Å². The van der Waals surface area contributed by atoms with Gasteiger partial charge in [0.25, 0.3) is 11.7 Å². The van der Waals surface area contributed by atoms with Gasteiger partial charge in [0.15, 0.2) is 0 Å². The molecule has 210 valence electrons. The van der Waals surface area contributed by atoms with Gasteiger partial charge in [0.1, 0.15) is 17.3 Å². The number of likely N-dealkylation sites (tertiary alicyclic amines) is 1. The Bertz CT molecular complexity index is 1260. The lowest BCUT2D eigenvalue weighted by Gasteiger charge is -2.28. The molecule has 1 aliphatic heterocycles. The molecule has 1 atom stereocenters. The van der Waals surface area contributed by atoms with Gasteiger partial charge in [0.05, 0.1) is 18.2 Å². The van der Waals surface area contributed by atoms with Crippen molar-refractivity contribution in [3.05, 3.63) is 64.7 Å². The van der Waals surface area contributed by atoms with Crippen LogP contribution in [-0.2, 0) is 19.8 Å². The Labute approximate surface area is 231 Å². The van der Waals surface area contributed by atoms with Gasteiger partial charge in [-0.05, 0) is 61.3 Å². The Morgan fingerprint density at radius 1 is 1.05 bits per heavy atom. The van der Waals surface area contributed by atoms with Crippen LogP contribution in [0.5, 0.6) is 11.5 Å². The molecule has 1 amide bonds. The highest BCUT2D eigenvalue weighted by atomic mass is 16.5. The van der Waals surface area contributed by atoms with E-state index in [4.69, 9.17) is 9.47 Å². The lowest BCUT2D eigenvalue weighted by Crippen LogP contribution is -2.38. The summed E-state index contributed by atoms with van der Waals surface area (Å²) in [5, 5.41) is 11.6. The lowest BCUT2D eigenvalue weighted by atomic mass is 9.84. The van der Waals surface area contributed by atoms with Crippen molar-refractivity contribution in [1.82, 2.24) is 9.80 Å². The fraction of sp³-hybridized carbons (Fsp3) is 0.452. The second kappa shape index (κ2) is 12.5. The summed E-state index contributed by atoms with van der Waals surface area (Å²) in [6, 6.07) is 11.2. The number of aliphatic hydroxyl groups is 1. The predicted octanol–water partition coefficient (Wildman–Crippen LogP) is 5.07. The van der Waals surface area contributed by atoms with Crippen LogP contribution in [0.1, 0.15) is 71.2 Å². The number of esters is 1. The number of Topliss-reactive ketones (excluding diaryl/α,β-unsaturated/α-hetero) is 1. The highest BCUT2D eigenvalue weighted by Crippen LogP contribution is 2.41. The number of hydrogen-bond donors (Lipinski definition) is 1. The van der Waals surface area contributed by atoms with Gasteiger partial charge in [-0.1, -0.05) is 46.8 Å². The summed E-state index contributed by atoms with van der Waals surface area (Å²) in [6.07, 6.45) is 0. The van der Waals surface area contributed by atoms with Crippen molar-refractivity contribution in [2.45, 2.75) is 59.9 Å². The largest absolute Gasteiger partial charge is 0.507 e. The molecule has 0 aromatic heterocycles. The minimum Gasteiger partial charge on any atom is -0.507 e. The van der Waals surface area contributed by atoms with E-state index in [0.717, 1.165) is 18.7 Å². The van der Waals surface area contributed by atoms with Crippen molar-refractivity contribution in [3.8, 4) is 11.5 Å². The van der Waals surface area contributed by atoms with E-state index in [0.29, 0.717) is 42.3 Å². The molecule has 1 heterocycles. The molecule has 2 aromatic carbocycles. The molecule has 0 saturated carbocycles. The second-order valence-corrected chi connectivity index (χ2v) is 10.6. The minimum atomic E-state index is -0.847. The first kappa shape index (κ1) is 29.9. The number of ketones is 1. The number of carbonyl (C=O) groups is 3. The summed E-state index contributed by atoms with van der Waals surface area (Å²) in [5.74, 6) is -1.16. The van der Waals surface area contributed by atoms with Gasteiger partial charge in [-0.25, -0.2) is 0 Å². The molecule has 1 unspecified atom stereocenters. The standard InChI is InChI=1S/C31H40N2O6/c1-8-32(9-2)16-17-33-27(21-12-11-13-23(18-21)39-20(4)34)26(29(36)30(33)37)28(35)22-14-15-25(38-10-3)24(19-22)31(5,6)7/h11-15,18-19,27,35H,8-10,16-17H2,1-7H3/b28-26+. The van der Waals surface area contributed by atoms with Gasteiger partial charge in [-0.3, -0.25) is 14.4 Å². The lowest BCUT2D eigenvalue weighted by molar-refractivity contribution is -0.140. The molecule has 39 heavy (non-hydrogen) atoms. The molecule has 3 rings (SSSR count). The van der Waals surface area contributed by atoms with Gasteiger partial charge in [0.2, 0.25) is 0 Å². The van der Waals surface area contributed by atoms with Crippen molar-refractivity contribution >= 4 is 23.4 Å². The van der Waals surface area contributed by atoms with E-state index < -0.39 is 23.7 Å². The van der Waals surface area contributed by atoms with Gasteiger partial charge in [0, 0.05) is 31.1 Å². The first-order valence-corrected chi connectivity index (χ1v) is 13.5. The first-order valence-electron chi connectivity index (χ1n) is 13.5. The zero-order chi connectivity index (χ0) is 28.9. The Balaban J connectivity index is 2.20. The van der Waals surface area contributed by atoms with Gasteiger partial charge in [-0.15, -0.1) is 0 Å². The fourth-order valence-electron chi connectivity index (χ4n) is 4.86. The van der Waals surface area contributed by atoms with E-state index in [1.54, 1.807) is 36.4 Å². The SMILES string of the molecule is CCOc1ccc(/C(O)=C2\C(=O)C(=O)N(CCN(CC)CC)C2c2cccc(OC(C)=O)c2)cc1C(C)(C)C. The van der Waals surface area contributed by atoms with Gasteiger partial charge >= 0.3 is 5.97 Å². The molecule has 0 bridgehead atoms. The molecule has 1 saturated heterocycles. The first-order chi connectivity index (χ1) is 18.4. The third kappa shape index (κ3) is 6.68. The molecule has 1 aliphatic rings. The van der Waals surface area contributed by atoms with Crippen LogP contribution in [0.2, 0.25) is 0 Å². The van der Waals surface area contributed by atoms with Crippen LogP contribution >= 0.6 is 0 Å². The third-order valence-electron chi connectivity index (χ3n) is 6.89. The Morgan fingerprint density at radius 3 is 2.33 bits per heavy atom. The topological polar surface area (TPSA) is 96.4 Å². The van der Waals surface area contributed by atoms with Gasteiger partial charge in [-0.2, -0.15) is 0 Å². The number of rotatable bonds is 10. The zero-order valence-electron chi connectivity index (χ0n) is 24.0. The monoisotopic (exact) mass is 536 g/mol. The Hall–Kier alpha value is -3.65. The highest BCUT2D eigenvalue weighted by molar-refractivity contribution is 6.46. The average molecular weight is 537 g/mol. The minimum absolute atomic E-state index is 0.00328. The maximum atomic E-state index is 13.5. The number of nitrogens with zero attached hydrogens (tertiary/aromatic N) is 2. The van der Waals surface area contributed by atoms with Crippen LogP contribution in [0, 0.1) is 0 Å². The maximum Gasteiger partial charge on any atom is 0.308 e. The molecule has 8 heteroatoms. The van der Waals surface area contributed by atoms with Crippen LogP contribution in [0.3, 0.4) is 0 Å². The fourth-order valence-corrected chi connectivity index (χ4v) is 4.86. The average Bonchev–Trinajstić information content (AvgIpc) is 3.13. The van der Waals surface area contributed by atoms with E-state index in [1.807, 2.05) is 47.6 Å². The molecular formula is C31H40N2O6. The van der Waals surface area contributed by atoms with Crippen LogP contribution in [0.25, 0.3) is 5.76 Å². The number of likely N-dealkylation sites (N-methyl/N-ethyl adjacent to an activating group) is 1. The van der Waals surface area contributed by atoms with E-state index in [-0.39, 0.29) is 16.7 Å². The molecule has 1 fully saturated rings. The van der Waals surface area contributed by atoms with Crippen molar-refractivity contribution < 1.29 is 29.0 Å². The molecule has 0 radical (unpaired) electrons. The molecule has 0 spiro atoms. The third-order valence-corrected chi connectivity index (χ3v) is 6.89. The summed E-state index contributed by atoms with van der Waals surface area (Å²) in [6.45, 7) is 16.4. The van der Waals surface area contributed by atoms with Crippen molar-refractivity contribution in [2.24, 2.45) is 0 Å². The molecule has 8 nitrogen and oxygen atoms in total. The van der Waals surface area contributed by atoms with Crippen molar-refractivity contribution in [2.75, 3.05) is 32.8 Å². The van der Waals surface area contributed by atoms with E-state index in [2.05, 4.69) is 4.90 Å². The number of hydrogen-bond acceptors (Lipinski definition) is 7. The Kier molecular flexibility index (Phi) is 9.56. The van der Waals surface area contributed by atoms with Crippen molar-refractivity contribution in [1.29, 1.82) is 0 Å².